The number of halogens is 2. The van der Waals surface area contributed by atoms with E-state index in [1.807, 2.05) is 6.07 Å². The number of nitrogens with one attached hydrogen (secondary N) is 2. The summed E-state index contributed by atoms with van der Waals surface area (Å²) in [5, 5.41) is 6.63. The molecule has 1 aromatic rings. The Bertz CT molecular complexity index is 405. The number of carbonyl (C=O) groups is 1. The lowest BCUT2D eigenvalue weighted by Gasteiger charge is -2.12. The molecule has 2 rings (SSSR count). The van der Waals surface area contributed by atoms with Gasteiger partial charge in [-0.1, -0.05) is 27.5 Å². The number of carbonyl (C=O) groups excluding carboxylic acids is 1. The third kappa shape index (κ3) is 2.75. The number of rotatable bonds is 2. The standard InChI is InChI=1S/C11H12BrClN2O/c12-7-1-2-10(13)9(5-7)11(16)15-8-3-4-14-6-8/h1-2,5,8,14H,3-4,6H2,(H,15,16)/t8-/m1/s1. The normalized spacial score (nSPS) is 19.8. The van der Waals surface area contributed by atoms with E-state index in [9.17, 15) is 4.79 Å². The van der Waals surface area contributed by atoms with Crippen molar-refractivity contribution in [1.29, 1.82) is 0 Å². The van der Waals surface area contributed by atoms with E-state index in [1.165, 1.54) is 0 Å². The van der Waals surface area contributed by atoms with Gasteiger partial charge in [0.15, 0.2) is 0 Å². The van der Waals surface area contributed by atoms with Gasteiger partial charge in [0.25, 0.3) is 5.91 Å². The Morgan fingerprint density at radius 3 is 3.06 bits per heavy atom. The first-order valence-electron chi connectivity index (χ1n) is 5.13. The van der Waals surface area contributed by atoms with Gasteiger partial charge in [-0.15, -0.1) is 0 Å². The number of hydrogen-bond donors (Lipinski definition) is 2. The quantitative estimate of drug-likeness (QED) is 0.879. The van der Waals surface area contributed by atoms with Gasteiger partial charge in [0.05, 0.1) is 10.6 Å². The maximum atomic E-state index is 11.9. The lowest BCUT2D eigenvalue weighted by molar-refractivity contribution is 0.0940. The Morgan fingerprint density at radius 1 is 1.56 bits per heavy atom. The summed E-state index contributed by atoms with van der Waals surface area (Å²) in [7, 11) is 0. The van der Waals surface area contributed by atoms with Crippen LogP contribution >= 0.6 is 27.5 Å². The minimum absolute atomic E-state index is 0.111. The molecular formula is C11H12BrClN2O. The van der Waals surface area contributed by atoms with Crippen LogP contribution in [-0.2, 0) is 0 Å². The highest BCUT2D eigenvalue weighted by atomic mass is 79.9. The van der Waals surface area contributed by atoms with Crippen molar-refractivity contribution in [1.82, 2.24) is 10.6 Å². The van der Waals surface area contributed by atoms with E-state index in [-0.39, 0.29) is 11.9 Å². The van der Waals surface area contributed by atoms with Gasteiger partial charge in [0, 0.05) is 17.1 Å². The average molecular weight is 304 g/mol. The molecule has 1 atom stereocenters. The maximum absolute atomic E-state index is 11.9. The van der Waals surface area contributed by atoms with E-state index in [1.54, 1.807) is 12.1 Å². The van der Waals surface area contributed by atoms with E-state index in [0.29, 0.717) is 10.6 Å². The molecule has 1 aromatic carbocycles. The van der Waals surface area contributed by atoms with Gasteiger partial charge in [-0.05, 0) is 31.2 Å². The van der Waals surface area contributed by atoms with E-state index >= 15 is 0 Å². The summed E-state index contributed by atoms with van der Waals surface area (Å²) < 4.78 is 0.853. The van der Waals surface area contributed by atoms with Crippen molar-refractivity contribution in [3.8, 4) is 0 Å². The summed E-state index contributed by atoms with van der Waals surface area (Å²) in [6, 6.07) is 5.48. The van der Waals surface area contributed by atoms with Gasteiger partial charge in [-0.25, -0.2) is 0 Å². The fourth-order valence-electron chi connectivity index (χ4n) is 1.71. The number of hydrogen-bond acceptors (Lipinski definition) is 2. The molecule has 86 valence electrons. The lowest BCUT2D eigenvalue weighted by Crippen LogP contribution is -2.36. The van der Waals surface area contributed by atoms with Crippen molar-refractivity contribution in [2.45, 2.75) is 12.5 Å². The predicted octanol–water partition coefficient (Wildman–Crippen LogP) is 2.19. The van der Waals surface area contributed by atoms with Gasteiger partial charge >= 0.3 is 0 Å². The zero-order valence-corrected chi connectivity index (χ0v) is 10.9. The Morgan fingerprint density at radius 2 is 2.38 bits per heavy atom. The van der Waals surface area contributed by atoms with Gasteiger partial charge in [0.2, 0.25) is 0 Å². The van der Waals surface area contributed by atoms with Crippen LogP contribution in [-0.4, -0.2) is 25.0 Å². The molecule has 0 aliphatic carbocycles. The second-order valence-corrected chi connectivity index (χ2v) is 5.11. The second-order valence-electron chi connectivity index (χ2n) is 3.79. The third-order valence-electron chi connectivity index (χ3n) is 2.57. The lowest BCUT2D eigenvalue weighted by atomic mass is 10.2. The third-order valence-corrected chi connectivity index (χ3v) is 3.39. The molecule has 16 heavy (non-hydrogen) atoms. The topological polar surface area (TPSA) is 41.1 Å². The molecule has 3 nitrogen and oxygen atoms in total. The molecule has 1 fully saturated rings. The van der Waals surface area contributed by atoms with Crippen molar-refractivity contribution in [3.05, 3.63) is 33.3 Å². The highest BCUT2D eigenvalue weighted by Crippen LogP contribution is 2.21. The highest BCUT2D eigenvalue weighted by Gasteiger charge is 2.19. The maximum Gasteiger partial charge on any atom is 0.253 e. The second kappa shape index (κ2) is 5.17. The Balaban J connectivity index is 2.10. The van der Waals surface area contributed by atoms with Crippen LogP contribution in [0.2, 0.25) is 5.02 Å². The molecule has 1 saturated heterocycles. The summed E-state index contributed by atoms with van der Waals surface area (Å²) in [5.41, 5.74) is 0.517. The first kappa shape index (κ1) is 11.9. The van der Waals surface area contributed by atoms with Gasteiger partial charge < -0.3 is 10.6 Å². The van der Waals surface area contributed by atoms with Crippen molar-refractivity contribution in [2.24, 2.45) is 0 Å². The molecule has 1 amide bonds. The van der Waals surface area contributed by atoms with Crippen LogP contribution in [0.4, 0.5) is 0 Å². The molecule has 2 N–H and O–H groups in total. The van der Waals surface area contributed by atoms with Crippen molar-refractivity contribution < 1.29 is 4.79 Å². The van der Waals surface area contributed by atoms with E-state index in [2.05, 4.69) is 26.6 Å². The summed E-state index contributed by atoms with van der Waals surface area (Å²) in [4.78, 5) is 11.9. The molecule has 0 saturated carbocycles. The van der Waals surface area contributed by atoms with E-state index in [0.717, 1.165) is 24.0 Å². The van der Waals surface area contributed by atoms with Crippen molar-refractivity contribution in [2.75, 3.05) is 13.1 Å². The first-order chi connectivity index (χ1) is 7.66. The van der Waals surface area contributed by atoms with Crippen LogP contribution in [0.5, 0.6) is 0 Å². The van der Waals surface area contributed by atoms with Crippen LogP contribution in [0, 0.1) is 0 Å². The zero-order valence-electron chi connectivity index (χ0n) is 8.59. The van der Waals surface area contributed by atoms with Crippen LogP contribution in [0.15, 0.2) is 22.7 Å². The largest absolute Gasteiger partial charge is 0.348 e. The minimum Gasteiger partial charge on any atom is -0.348 e. The summed E-state index contributed by atoms with van der Waals surface area (Å²) in [6.45, 7) is 1.79. The van der Waals surface area contributed by atoms with Crippen LogP contribution in [0.3, 0.4) is 0 Å². The number of benzene rings is 1. The Hall–Kier alpha value is -0.580. The molecule has 1 aliphatic heterocycles. The average Bonchev–Trinajstić information content (AvgIpc) is 2.74. The molecule has 0 spiro atoms. The van der Waals surface area contributed by atoms with Crippen LogP contribution in [0.25, 0.3) is 0 Å². The highest BCUT2D eigenvalue weighted by molar-refractivity contribution is 9.10. The fourth-order valence-corrected chi connectivity index (χ4v) is 2.28. The molecule has 0 radical (unpaired) electrons. The van der Waals surface area contributed by atoms with Gasteiger partial charge in [-0.3, -0.25) is 4.79 Å². The molecule has 0 unspecified atom stereocenters. The predicted molar refractivity (Wildman–Crippen MR) is 67.9 cm³/mol. The van der Waals surface area contributed by atoms with E-state index in [4.69, 9.17) is 11.6 Å². The fraction of sp³-hybridized carbons (Fsp3) is 0.364. The Labute approximate surface area is 108 Å². The molecule has 1 heterocycles. The first-order valence-corrected chi connectivity index (χ1v) is 6.30. The smallest absolute Gasteiger partial charge is 0.253 e. The van der Waals surface area contributed by atoms with Crippen LogP contribution in [0.1, 0.15) is 16.8 Å². The van der Waals surface area contributed by atoms with Gasteiger partial charge in [-0.2, -0.15) is 0 Å². The van der Waals surface area contributed by atoms with Crippen molar-refractivity contribution in [3.63, 3.8) is 0 Å². The zero-order chi connectivity index (χ0) is 11.5. The van der Waals surface area contributed by atoms with Crippen molar-refractivity contribution >= 4 is 33.4 Å². The summed E-state index contributed by atoms with van der Waals surface area (Å²) in [6.07, 6.45) is 0.970. The molecule has 1 aliphatic rings. The molecule has 0 bridgehead atoms. The summed E-state index contributed by atoms with van der Waals surface area (Å²) in [5.74, 6) is -0.111. The monoisotopic (exact) mass is 302 g/mol. The molecular weight excluding hydrogens is 291 g/mol. The molecule has 0 aromatic heterocycles. The number of amides is 1. The van der Waals surface area contributed by atoms with E-state index < -0.39 is 0 Å². The Kier molecular flexibility index (Phi) is 3.84. The summed E-state index contributed by atoms with van der Waals surface area (Å²) >= 11 is 9.31. The SMILES string of the molecule is O=C(N[C@@H]1CCNC1)c1cc(Br)ccc1Cl. The van der Waals surface area contributed by atoms with Gasteiger partial charge in [0.1, 0.15) is 0 Å². The minimum atomic E-state index is -0.111. The molecule has 5 heteroatoms. The van der Waals surface area contributed by atoms with Crippen LogP contribution < -0.4 is 10.6 Å².